The highest BCUT2D eigenvalue weighted by Gasteiger charge is 2.36. The number of benzene rings is 1. The number of aliphatic carboxylic acids is 1. The fraction of sp³-hybridized carbons (Fsp3) is 0.389. The van der Waals surface area contributed by atoms with Crippen molar-refractivity contribution in [2.45, 2.75) is 38.1 Å². The van der Waals surface area contributed by atoms with Crippen LogP contribution >= 0.6 is 23.8 Å². The molecule has 2 N–H and O–H groups in total. The van der Waals surface area contributed by atoms with Crippen molar-refractivity contribution in [3.63, 3.8) is 0 Å². The predicted molar refractivity (Wildman–Crippen MR) is 102 cm³/mol. The zero-order valence-corrected chi connectivity index (χ0v) is 15.6. The fourth-order valence-electron chi connectivity index (χ4n) is 3.25. The smallest absolute Gasteiger partial charge is 0.341 e. The van der Waals surface area contributed by atoms with Crippen molar-refractivity contribution in [1.82, 2.24) is 10.2 Å². The molecule has 1 amide bonds. The molecule has 0 atom stereocenters. The van der Waals surface area contributed by atoms with Crippen LogP contribution < -0.4 is 10.1 Å². The van der Waals surface area contributed by atoms with Gasteiger partial charge in [-0.2, -0.15) is 0 Å². The number of nitrogens with one attached hydrogen (secondary N) is 1. The molecule has 0 radical (unpaired) electrons. The average Bonchev–Trinajstić information content (AvgIpc) is 2.88. The number of hydrogen-bond donors (Lipinski definition) is 2. The van der Waals surface area contributed by atoms with Crippen LogP contribution in [0.15, 0.2) is 23.9 Å². The van der Waals surface area contributed by atoms with Crippen LogP contribution in [0.1, 0.15) is 37.7 Å². The van der Waals surface area contributed by atoms with E-state index in [1.165, 1.54) is 6.42 Å². The Hall–Kier alpha value is -2.12. The Bertz CT molecular complexity index is 774. The number of nitrogens with zero attached hydrogens (tertiary/aromatic N) is 1. The minimum absolute atomic E-state index is 0.121. The lowest BCUT2D eigenvalue weighted by Gasteiger charge is -2.29. The van der Waals surface area contributed by atoms with E-state index in [0.29, 0.717) is 16.4 Å². The van der Waals surface area contributed by atoms with E-state index in [4.69, 9.17) is 33.7 Å². The third-order valence-electron chi connectivity index (χ3n) is 4.47. The van der Waals surface area contributed by atoms with E-state index in [1.54, 1.807) is 29.2 Å². The van der Waals surface area contributed by atoms with Crippen LogP contribution in [0.25, 0.3) is 6.08 Å². The van der Waals surface area contributed by atoms with E-state index >= 15 is 0 Å². The number of carbonyl (C=O) groups is 2. The minimum atomic E-state index is -1.08. The molecule has 1 aromatic rings. The van der Waals surface area contributed by atoms with Crippen LogP contribution in [0.2, 0.25) is 5.02 Å². The Kier molecular flexibility index (Phi) is 5.78. The molecule has 1 heterocycles. The summed E-state index contributed by atoms with van der Waals surface area (Å²) >= 11 is 11.5. The summed E-state index contributed by atoms with van der Waals surface area (Å²) in [5.74, 6) is -0.921. The van der Waals surface area contributed by atoms with Gasteiger partial charge in [0.05, 0.1) is 5.02 Å². The molecule has 1 aliphatic heterocycles. The number of carboxylic acids is 1. The van der Waals surface area contributed by atoms with Crippen LogP contribution in [0, 0.1) is 0 Å². The van der Waals surface area contributed by atoms with Crippen molar-refractivity contribution in [1.29, 1.82) is 0 Å². The predicted octanol–water partition coefficient (Wildman–Crippen LogP) is 3.19. The monoisotopic (exact) mass is 394 g/mol. The molecule has 1 saturated heterocycles. The molecule has 0 spiro atoms. The lowest BCUT2D eigenvalue weighted by molar-refractivity contribution is -0.139. The summed E-state index contributed by atoms with van der Waals surface area (Å²) < 4.78 is 5.09. The Labute approximate surface area is 161 Å². The van der Waals surface area contributed by atoms with Gasteiger partial charge in [-0.15, -0.1) is 0 Å². The summed E-state index contributed by atoms with van der Waals surface area (Å²) in [4.78, 5) is 25.0. The molecule has 0 aromatic heterocycles. The van der Waals surface area contributed by atoms with Crippen LogP contribution in [0.3, 0.4) is 0 Å². The van der Waals surface area contributed by atoms with E-state index in [-0.39, 0.29) is 22.7 Å². The SMILES string of the molecule is O=C(O)COc1ccc(/C=C2\NC(=S)N(C3CCCCC3)C2=O)cc1Cl. The van der Waals surface area contributed by atoms with Crippen molar-refractivity contribution < 1.29 is 19.4 Å². The summed E-state index contributed by atoms with van der Waals surface area (Å²) in [5, 5.41) is 12.4. The second-order valence-electron chi connectivity index (χ2n) is 6.33. The van der Waals surface area contributed by atoms with Gasteiger partial charge in [0.15, 0.2) is 11.7 Å². The van der Waals surface area contributed by atoms with Crippen molar-refractivity contribution in [3.05, 3.63) is 34.5 Å². The van der Waals surface area contributed by atoms with E-state index in [1.807, 2.05) is 0 Å². The summed E-state index contributed by atoms with van der Waals surface area (Å²) in [6, 6.07) is 5.07. The van der Waals surface area contributed by atoms with Crippen LogP contribution in [0.4, 0.5) is 0 Å². The first-order chi connectivity index (χ1) is 12.5. The zero-order valence-electron chi connectivity index (χ0n) is 14.0. The molecule has 26 heavy (non-hydrogen) atoms. The average molecular weight is 395 g/mol. The second kappa shape index (κ2) is 8.05. The summed E-state index contributed by atoms with van der Waals surface area (Å²) in [7, 11) is 0. The second-order valence-corrected chi connectivity index (χ2v) is 7.12. The van der Waals surface area contributed by atoms with Gasteiger partial charge >= 0.3 is 5.97 Å². The van der Waals surface area contributed by atoms with E-state index in [9.17, 15) is 9.59 Å². The van der Waals surface area contributed by atoms with Crippen molar-refractivity contribution in [2.24, 2.45) is 0 Å². The summed E-state index contributed by atoms with van der Waals surface area (Å²) in [6.45, 7) is -0.467. The largest absolute Gasteiger partial charge is 0.480 e. The first kappa shape index (κ1) is 18.7. The summed E-state index contributed by atoms with van der Waals surface area (Å²) in [6.07, 6.45) is 7.07. The molecule has 138 valence electrons. The van der Waals surface area contributed by atoms with Gasteiger partial charge in [0.2, 0.25) is 0 Å². The Morgan fingerprint density at radius 1 is 1.38 bits per heavy atom. The van der Waals surface area contributed by atoms with Gasteiger partial charge < -0.3 is 15.2 Å². The normalized spacial score (nSPS) is 19.7. The number of ether oxygens (including phenoxy) is 1. The van der Waals surface area contributed by atoms with E-state index < -0.39 is 12.6 Å². The van der Waals surface area contributed by atoms with Crippen LogP contribution in [0.5, 0.6) is 5.75 Å². The molecular formula is C18H19ClN2O4S. The van der Waals surface area contributed by atoms with Crippen LogP contribution in [-0.4, -0.2) is 39.6 Å². The number of thiocarbonyl (C=S) groups is 1. The van der Waals surface area contributed by atoms with Crippen LogP contribution in [-0.2, 0) is 9.59 Å². The van der Waals surface area contributed by atoms with Gasteiger partial charge in [0, 0.05) is 6.04 Å². The lowest BCUT2D eigenvalue weighted by atomic mass is 9.94. The number of rotatable bonds is 5. The van der Waals surface area contributed by atoms with E-state index in [2.05, 4.69) is 5.32 Å². The maximum atomic E-state index is 12.7. The minimum Gasteiger partial charge on any atom is -0.480 e. The standard InChI is InChI=1S/C18H19ClN2O4S/c19-13-8-11(6-7-15(13)25-10-16(22)23)9-14-17(24)21(18(26)20-14)12-4-2-1-3-5-12/h6-9,12H,1-5,10H2,(H,20,26)(H,22,23)/b14-9-. The third kappa shape index (κ3) is 4.16. The molecule has 1 aliphatic carbocycles. The van der Waals surface area contributed by atoms with E-state index in [0.717, 1.165) is 25.7 Å². The quantitative estimate of drug-likeness (QED) is 0.589. The zero-order chi connectivity index (χ0) is 18.7. The van der Waals surface area contributed by atoms with Gasteiger partial charge in [-0.3, -0.25) is 9.69 Å². The van der Waals surface area contributed by atoms with Gasteiger partial charge in [-0.05, 0) is 48.8 Å². The highest BCUT2D eigenvalue weighted by molar-refractivity contribution is 7.80. The topological polar surface area (TPSA) is 78.9 Å². The highest BCUT2D eigenvalue weighted by Crippen LogP contribution is 2.29. The van der Waals surface area contributed by atoms with Crippen molar-refractivity contribution in [3.8, 4) is 5.75 Å². The first-order valence-corrected chi connectivity index (χ1v) is 9.24. The molecule has 2 fully saturated rings. The Morgan fingerprint density at radius 2 is 2.12 bits per heavy atom. The maximum absolute atomic E-state index is 12.7. The highest BCUT2D eigenvalue weighted by atomic mass is 35.5. The number of carbonyl (C=O) groups excluding carboxylic acids is 1. The number of hydrogen-bond acceptors (Lipinski definition) is 4. The molecule has 1 aromatic carbocycles. The fourth-order valence-corrected chi connectivity index (χ4v) is 3.84. The number of amides is 1. The third-order valence-corrected chi connectivity index (χ3v) is 5.06. The first-order valence-electron chi connectivity index (χ1n) is 8.46. The van der Waals surface area contributed by atoms with Gasteiger partial charge in [0.1, 0.15) is 11.4 Å². The lowest BCUT2D eigenvalue weighted by Crippen LogP contribution is -2.41. The molecular weight excluding hydrogens is 376 g/mol. The number of halogens is 1. The molecule has 2 aliphatic rings. The molecule has 0 unspecified atom stereocenters. The van der Waals surface area contributed by atoms with Crippen molar-refractivity contribution in [2.75, 3.05) is 6.61 Å². The van der Waals surface area contributed by atoms with Crippen molar-refractivity contribution >= 4 is 46.9 Å². The maximum Gasteiger partial charge on any atom is 0.341 e. The molecule has 6 nitrogen and oxygen atoms in total. The summed E-state index contributed by atoms with van der Waals surface area (Å²) in [5.41, 5.74) is 1.11. The van der Waals surface area contributed by atoms with Gasteiger partial charge in [-0.1, -0.05) is 36.9 Å². The molecule has 1 saturated carbocycles. The molecule has 0 bridgehead atoms. The Balaban J connectivity index is 1.75. The Morgan fingerprint density at radius 3 is 2.77 bits per heavy atom. The molecule has 3 rings (SSSR count). The molecule has 8 heteroatoms. The number of carboxylic acid groups (broad SMARTS) is 1. The van der Waals surface area contributed by atoms with Gasteiger partial charge in [-0.25, -0.2) is 4.79 Å². The van der Waals surface area contributed by atoms with Gasteiger partial charge in [0.25, 0.3) is 5.91 Å².